The fourth-order valence-electron chi connectivity index (χ4n) is 1.65. The van der Waals surface area contributed by atoms with Gasteiger partial charge >= 0.3 is 5.97 Å². The zero-order valence-corrected chi connectivity index (χ0v) is 11.4. The van der Waals surface area contributed by atoms with Crippen molar-refractivity contribution in [2.24, 2.45) is 0 Å². The molecule has 4 heteroatoms. The van der Waals surface area contributed by atoms with Gasteiger partial charge in [0.2, 0.25) is 0 Å². The molecule has 1 atom stereocenters. The SMILES string of the molecule is COC(=O)C(Br)c1c(C)cc(C)cc1OC. The van der Waals surface area contributed by atoms with Crippen LogP contribution in [0.5, 0.6) is 5.75 Å². The molecule has 3 nitrogen and oxygen atoms in total. The van der Waals surface area contributed by atoms with Crippen LogP contribution in [0, 0.1) is 13.8 Å². The van der Waals surface area contributed by atoms with Crippen LogP contribution in [0.15, 0.2) is 12.1 Å². The molecule has 0 saturated carbocycles. The first kappa shape index (κ1) is 13.0. The zero-order chi connectivity index (χ0) is 12.3. The van der Waals surface area contributed by atoms with E-state index in [4.69, 9.17) is 9.47 Å². The standard InChI is InChI=1S/C12H15BrO3/c1-7-5-8(2)10(9(6-7)15-3)11(13)12(14)16-4/h5-6,11H,1-4H3. The number of rotatable bonds is 3. The van der Waals surface area contributed by atoms with Crippen molar-refractivity contribution in [3.8, 4) is 5.75 Å². The van der Waals surface area contributed by atoms with Crippen molar-refractivity contribution in [2.45, 2.75) is 18.7 Å². The molecule has 0 amide bonds. The molecule has 16 heavy (non-hydrogen) atoms. The number of hydrogen-bond donors (Lipinski definition) is 0. The van der Waals surface area contributed by atoms with Crippen molar-refractivity contribution in [3.05, 3.63) is 28.8 Å². The topological polar surface area (TPSA) is 35.5 Å². The number of hydrogen-bond acceptors (Lipinski definition) is 3. The van der Waals surface area contributed by atoms with Gasteiger partial charge in [0.05, 0.1) is 14.2 Å². The summed E-state index contributed by atoms with van der Waals surface area (Å²) in [5, 5.41) is 0. The fraction of sp³-hybridized carbons (Fsp3) is 0.417. The molecule has 0 saturated heterocycles. The molecule has 0 aliphatic carbocycles. The second-order valence-electron chi connectivity index (χ2n) is 3.58. The third-order valence-corrected chi connectivity index (χ3v) is 3.21. The highest BCUT2D eigenvalue weighted by molar-refractivity contribution is 9.09. The monoisotopic (exact) mass is 286 g/mol. The van der Waals surface area contributed by atoms with E-state index in [9.17, 15) is 4.79 Å². The van der Waals surface area contributed by atoms with E-state index < -0.39 is 4.83 Å². The van der Waals surface area contributed by atoms with Gasteiger partial charge in [0.25, 0.3) is 0 Å². The van der Waals surface area contributed by atoms with E-state index in [0.717, 1.165) is 16.7 Å². The van der Waals surface area contributed by atoms with E-state index >= 15 is 0 Å². The lowest BCUT2D eigenvalue weighted by molar-refractivity contribution is -0.139. The first-order chi connectivity index (χ1) is 7.51. The summed E-state index contributed by atoms with van der Waals surface area (Å²) in [6.07, 6.45) is 0. The maximum atomic E-state index is 11.5. The number of methoxy groups -OCH3 is 2. The lowest BCUT2D eigenvalue weighted by Gasteiger charge is -2.16. The molecule has 0 bridgehead atoms. The van der Waals surface area contributed by atoms with Gasteiger partial charge in [-0.15, -0.1) is 0 Å². The Labute approximate surface area is 104 Å². The zero-order valence-electron chi connectivity index (χ0n) is 9.83. The summed E-state index contributed by atoms with van der Waals surface area (Å²) in [5.41, 5.74) is 2.92. The van der Waals surface area contributed by atoms with E-state index in [1.54, 1.807) is 7.11 Å². The quantitative estimate of drug-likeness (QED) is 0.633. The van der Waals surface area contributed by atoms with Gasteiger partial charge in [0.15, 0.2) is 0 Å². The molecule has 0 heterocycles. The molecule has 1 rings (SSSR count). The molecule has 0 radical (unpaired) electrons. The number of ether oxygens (including phenoxy) is 2. The molecule has 1 aromatic rings. The molecule has 0 aromatic heterocycles. The van der Waals surface area contributed by atoms with Crippen LogP contribution in [0.3, 0.4) is 0 Å². The molecule has 1 aromatic carbocycles. The van der Waals surface area contributed by atoms with Gasteiger partial charge in [-0.3, -0.25) is 4.79 Å². The predicted molar refractivity (Wildman–Crippen MR) is 66.2 cm³/mol. The lowest BCUT2D eigenvalue weighted by Crippen LogP contribution is -2.11. The van der Waals surface area contributed by atoms with Crippen LogP contribution in [0.4, 0.5) is 0 Å². The van der Waals surface area contributed by atoms with Crippen LogP contribution in [0.25, 0.3) is 0 Å². The maximum Gasteiger partial charge on any atom is 0.324 e. The Morgan fingerprint density at radius 2 is 1.94 bits per heavy atom. The van der Waals surface area contributed by atoms with Gasteiger partial charge in [-0.25, -0.2) is 0 Å². The summed E-state index contributed by atoms with van der Waals surface area (Å²) < 4.78 is 9.99. The number of carbonyl (C=O) groups excluding carboxylic acids is 1. The third kappa shape index (κ3) is 2.55. The summed E-state index contributed by atoms with van der Waals surface area (Å²) in [6, 6.07) is 3.91. The Kier molecular flexibility index (Phi) is 4.35. The summed E-state index contributed by atoms with van der Waals surface area (Å²) in [7, 11) is 2.96. The molecule has 0 aliphatic heterocycles. The van der Waals surface area contributed by atoms with E-state index in [2.05, 4.69) is 15.9 Å². The maximum absolute atomic E-state index is 11.5. The minimum atomic E-state index is -0.493. The predicted octanol–water partition coefficient (Wildman–Crippen LogP) is 2.92. The number of carbonyl (C=O) groups is 1. The largest absolute Gasteiger partial charge is 0.496 e. The molecule has 0 aliphatic rings. The summed E-state index contributed by atoms with van der Waals surface area (Å²) >= 11 is 3.32. The van der Waals surface area contributed by atoms with Crippen LogP contribution in [-0.2, 0) is 9.53 Å². The third-order valence-electron chi connectivity index (χ3n) is 2.37. The first-order valence-electron chi connectivity index (χ1n) is 4.88. The molecule has 88 valence electrons. The van der Waals surface area contributed by atoms with Crippen LogP contribution < -0.4 is 4.74 Å². The minimum Gasteiger partial charge on any atom is -0.496 e. The van der Waals surface area contributed by atoms with Crippen LogP contribution >= 0.6 is 15.9 Å². The average Bonchev–Trinajstić information content (AvgIpc) is 2.26. The average molecular weight is 287 g/mol. The van der Waals surface area contributed by atoms with E-state index in [1.165, 1.54) is 7.11 Å². The lowest BCUT2D eigenvalue weighted by atomic mass is 10.0. The van der Waals surface area contributed by atoms with Crippen molar-refractivity contribution in [1.82, 2.24) is 0 Å². The van der Waals surface area contributed by atoms with Gasteiger partial charge in [-0.05, 0) is 31.0 Å². The number of alkyl halides is 1. The number of esters is 1. The molecule has 1 unspecified atom stereocenters. The number of halogens is 1. The molecule has 0 fully saturated rings. The van der Waals surface area contributed by atoms with Crippen LogP contribution in [-0.4, -0.2) is 20.2 Å². The van der Waals surface area contributed by atoms with Crippen LogP contribution in [0.2, 0.25) is 0 Å². The highest BCUT2D eigenvalue weighted by atomic mass is 79.9. The Bertz CT molecular complexity index is 401. The summed E-state index contributed by atoms with van der Waals surface area (Å²) in [6.45, 7) is 3.93. The van der Waals surface area contributed by atoms with Gasteiger partial charge in [-0.1, -0.05) is 22.0 Å². The highest BCUT2D eigenvalue weighted by Gasteiger charge is 2.23. The normalized spacial score (nSPS) is 12.1. The van der Waals surface area contributed by atoms with E-state index in [1.807, 2.05) is 26.0 Å². The Hall–Kier alpha value is -1.03. The number of aryl methyl sites for hydroxylation is 2. The van der Waals surface area contributed by atoms with Crippen molar-refractivity contribution < 1.29 is 14.3 Å². The van der Waals surface area contributed by atoms with Crippen molar-refractivity contribution in [2.75, 3.05) is 14.2 Å². The first-order valence-corrected chi connectivity index (χ1v) is 5.79. The van der Waals surface area contributed by atoms with Gasteiger partial charge in [0, 0.05) is 5.56 Å². The molecular weight excluding hydrogens is 272 g/mol. The van der Waals surface area contributed by atoms with Gasteiger partial charge in [0.1, 0.15) is 10.6 Å². The molecule has 0 spiro atoms. The van der Waals surface area contributed by atoms with Crippen LogP contribution in [0.1, 0.15) is 21.5 Å². The molecule has 0 N–H and O–H groups in total. The Morgan fingerprint density at radius 1 is 1.31 bits per heavy atom. The van der Waals surface area contributed by atoms with Crippen molar-refractivity contribution in [3.63, 3.8) is 0 Å². The highest BCUT2D eigenvalue weighted by Crippen LogP contribution is 2.35. The second-order valence-corrected chi connectivity index (χ2v) is 4.50. The fourth-order valence-corrected chi connectivity index (χ4v) is 2.43. The minimum absolute atomic E-state index is 0.328. The smallest absolute Gasteiger partial charge is 0.324 e. The molecular formula is C12H15BrO3. The summed E-state index contributed by atoms with van der Waals surface area (Å²) in [5.74, 6) is 0.370. The van der Waals surface area contributed by atoms with E-state index in [-0.39, 0.29) is 5.97 Å². The summed E-state index contributed by atoms with van der Waals surface area (Å²) in [4.78, 5) is 11.0. The van der Waals surface area contributed by atoms with Crippen molar-refractivity contribution >= 4 is 21.9 Å². The number of benzene rings is 1. The van der Waals surface area contributed by atoms with Crippen molar-refractivity contribution in [1.29, 1.82) is 0 Å². The van der Waals surface area contributed by atoms with E-state index in [0.29, 0.717) is 5.75 Å². The Morgan fingerprint density at radius 3 is 2.44 bits per heavy atom. The van der Waals surface area contributed by atoms with Gasteiger partial charge < -0.3 is 9.47 Å². The Balaban J connectivity index is 3.26. The second kappa shape index (κ2) is 5.34. The van der Waals surface area contributed by atoms with Gasteiger partial charge in [-0.2, -0.15) is 0 Å².